The number of anilines is 1. The molecule has 4 heteroatoms. The molecule has 2 rings (SSSR count). The van der Waals surface area contributed by atoms with E-state index in [0.717, 1.165) is 18.4 Å². The third-order valence-electron chi connectivity index (χ3n) is 2.95. The zero-order valence-electron chi connectivity index (χ0n) is 9.77. The van der Waals surface area contributed by atoms with Crippen LogP contribution in [0.3, 0.4) is 0 Å². The summed E-state index contributed by atoms with van der Waals surface area (Å²) in [6, 6.07) is 4.67. The summed E-state index contributed by atoms with van der Waals surface area (Å²) in [4.78, 5) is 25.1. The lowest BCUT2D eigenvalue weighted by Crippen LogP contribution is -2.35. The summed E-state index contributed by atoms with van der Waals surface area (Å²) in [5.74, 6) is -0.163. The number of benzene rings is 1. The Kier molecular flexibility index (Phi) is 3.13. The fourth-order valence-electron chi connectivity index (χ4n) is 2.07. The van der Waals surface area contributed by atoms with E-state index in [1.807, 2.05) is 0 Å². The quantitative estimate of drug-likeness (QED) is 0.756. The number of amides is 2. The van der Waals surface area contributed by atoms with Gasteiger partial charge in [0.25, 0.3) is 0 Å². The summed E-state index contributed by atoms with van der Waals surface area (Å²) in [5, 5.41) is 9.33. The van der Waals surface area contributed by atoms with Gasteiger partial charge >= 0.3 is 0 Å². The minimum atomic E-state index is -0.152. The Morgan fingerprint density at radius 3 is 2.24 bits per heavy atom. The van der Waals surface area contributed by atoms with Gasteiger partial charge in [0.15, 0.2) is 0 Å². The van der Waals surface area contributed by atoms with Crippen molar-refractivity contribution in [3.05, 3.63) is 23.8 Å². The number of carbonyl (C=O) groups excluding carboxylic acids is 2. The number of phenolic OH excluding ortho intramolecular Hbond substituents is 1. The van der Waals surface area contributed by atoms with Gasteiger partial charge in [-0.3, -0.25) is 14.5 Å². The molecule has 0 aliphatic carbocycles. The average molecular weight is 233 g/mol. The van der Waals surface area contributed by atoms with E-state index in [4.69, 9.17) is 0 Å². The third kappa shape index (κ3) is 2.30. The number of aromatic hydroxyl groups is 1. The van der Waals surface area contributed by atoms with Crippen molar-refractivity contribution >= 4 is 17.5 Å². The van der Waals surface area contributed by atoms with Gasteiger partial charge in [-0.05, 0) is 43.5 Å². The molecule has 0 unspecified atom stereocenters. The molecular formula is C13H15NO3. The molecule has 1 aromatic carbocycles. The lowest BCUT2D eigenvalue weighted by molar-refractivity contribution is -0.125. The van der Waals surface area contributed by atoms with Crippen LogP contribution in [0.5, 0.6) is 5.75 Å². The predicted octanol–water partition coefficient (Wildman–Crippen LogP) is 2.13. The Bertz CT molecular complexity index is 450. The smallest absolute Gasteiger partial charge is 0.233 e. The fraction of sp³-hybridized carbons (Fsp3) is 0.385. The number of hydrogen-bond donors (Lipinski definition) is 1. The van der Waals surface area contributed by atoms with Crippen LogP contribution in [0.25, 0.3) is 0 Å². The topological polar surface area (TPSA) is 57.6 Å². The summed E-state index contributed by atoms with van der Waals surface area (Å²) in [5.41, 5.74) is 1.31. The molecule has 1 aromatic rings. The van der Waals surface area contributed by atoms with Crippen molar-refractivity contribution in [3.63, 3.8) is 0 Å². The molecule has 0 saturated carbocycles. The molecule has 0 aromatic heterocycles. The van der Waals surface area contributed by atoms with E-state index in [-0.39, 0.29) is 17.6 Å². The van der Waals surface area contributed by atoms with Crippen molar-refractivity contribution in [2.75, 3.05) is 4.90 Å². The molecule has 1 saturated heterocycles. The lowest BCUT2D eigenvalue weighted by Gasteiger charge is -2.20. The van der Waals surface area contributed by atoms with Gasteiger partial charge in [-0.25, -0.2) is 0 Å². The van der Waals surface area contributed by atoms with Crippen molar-refractivity contribution in [2.45, 2.75) is 32.6 Å². The molecule has 2 amide bonds. The molecule has 0 bridgehead atoms. The van der Waals surface area contributed by atoms with Gasteiger partial charge in [0.05, 0.1) is 5.69 Å². The molecule has 90 valence electrons. The SMILES string of the molecule is Cc1cc(O)ccc1N1C(=O)CCCCC1=O. The van der Waals surface area contributed by atoms with Crippen LogP contribution in [0.15, 0.2) is 18.2 Å². The van der Waals surface area contributed by atoms with Gasteiger partial charge in [0, 0.05) is 12.8 Å². The molecule has 0 radical (unpaired) electrons. The average Bonchev–Trinajstić information content (AvgIpc) is 2.42. The number of carbonyl (C=O) groups is 2. The predicted molar refractivity (Wildman–Crippen MR) is 63.8 cm³/mol. The van der Waals surface area contributed by atoms with Crippen molar-refractivity contribution < 1.29 is 14.7 Å². The first-order valence-corrected chi connectivity index (χ1v) is 5.75. The van der Waals surface area contributed by atoms with Crippen molar-refractivity contribution in [2.24, 2.45) is 0 Å². The highest BCUT2D eigenvalue weighted by Crippen LogP contribution is 2.27. The molecule has 1 fully saturated rings. The number of aryl methyl sites for hydroxylation is 1. The third-order valence-corrected chi connectivity index (χ3v) is 2.95. The minimum Gasteiger partial charge on any atom is -0.508 e. The number of phenols is 1. The maximum absolute atomic E-state index is 11.9. The highest BCUT2D eigenvalue weighted by atomic mass is 16.3. The van der Waals surface area contributed by atoms with E-state index in [1.54, 1.807) is 19.1 Å². The molecule has 4 nitrogen and oxygen atoms in total. The van der Waals surface area contributed by atoms with Gasteiger partial charge in [-0.15, -0.1) is 0 Å². The maximum atomic E-state index is 11.9. The van der Waals surface area contributed by atoms with E-state index in [0.29, 0.717) is 18.5 Å². The molecular weight excluding hydrogens is 218 g/mol. The van der Waals surface area contributed by atoms with E-state index >= 15 is 0 Å². The van der Waals surface area contributed by atoms with Gasteiger partial charge < -0.3 is 5.11 Å². The lowest BCUT2D eigenvalue weighted by atomic mass is 10.1. The van der Waals surface area contributed by atoms with Crippen LogP contribution in [0, 0.1) is 6.92 Å². The monoisotopic (exact) mass is 233 g/mol. The minimum absolute atomic E-state index is 0.140. The second-order valence-electron chi connectivity index (χ2n) is 4.30. The van der Waals surface area contributed by atoms with Gasteiger partial charge in [-0.2, -0.15) is 0 Å². The highest BCUT2D eigenvalue weighted by Gasteiger charge is 2.26. The first-order chi connectivity index (χ1) is 8.09. The van der Waals surface area contributed by atoms with Gasteiger partial charge in [-0.1, -0.05) is 0 Å². The van der Waals surface area contributed by atoms with Gasteiger partial charge in [0.1, 0.15) is 5.75 Å². The summed E-state index contributed by atoms with van der Waals surface area (Å²) < 4.78 is 0. The largest absolute Gasteiger partial charge is 0.508 e. The van der Waals surface area contributed by atoms with E-state index in [2.05, 4.69) is 0 Å². The van der Waals surface area contributed by atoms with Crippen LogP contribution in [0.4, 0.5) is 5.69 Å². The number of imide groups is 1. The fourth-order valence-corrected chi connectivity index (χ4v) is 2.07. The second-order valence-corrected chi connectivity index (χ2v) is 4.30. The Balaban J connectivity index is 2.41. The van der Waals surface area contributed by atoms with Crippen LogP contribution in [-0.4, -0.2) is 16.9 Å². The standard InChI is InChI=1S/C13H15NO3/c1-9-8-10(15)6-7-11(9)14-12(16)4-2-3-5-13(14)17/h6-8,15H,2-5H2,1H3. The Morgan fingerprint density at radius 2 is 1.71 bits per heavy atom. The number of hydrogen-bond acceptors (Lipinski definition) is 3. The number of nitrogens with zero attached hydrogens (tertiary/aromatic N) is 1. The van der Waals surface area contributed by atoms with Crippen LogP contribution in [-0.2, 0) is 9.59 Å². The zero-order valence-corrected chi connectivity index (χ0v) is 9.77. The number of rotatable bonds is 1. The van der Waals surface area contributed by atoms with Gasteiger partial charge in [0.2, 0.25) is 11.8 Å². The normalized spacial score (nSPS) is 17.1. The summed E-state index contributed by atoms with van der Waals surface area (Å²) in [6.45, 7) is 1.78. The Hall–Kier alpha value is -1.84. The molecule has 1 aliphatic rings. The Morgan fingerprint density at radius 1 is 1.12 bits per heavy atom. The molecule has 1 aliphatic heterocycles. The van der Waals surface area contributed by atoms with Crippen LogP contribution >= 0.6 is 0 Å². The summed E-state index contributed by atoms with van der Waals surface area (Å²) in [7, 11) is 0. The molecule has 0 atom stereocenters. The Labute approximate surface area is 99.9 Å². The van der Waals surface area contributed by atoms with E-state index < -0.39 is 0 Å². The van der Waals surface area contributed by atoms with E-state index in [9.17, 15) is 14.7 Å². The van der Waals surface area contributed by atoms with E-state index in [1.165, 1.54) is 11.0 Å². The van der Waals surface area contributed by atoms with Crippen LogP contribution in [0.1, 0.15) is 31.2 Å². The molecule has 17 heavy (non-hydrogen) atoms. The highest BCUT2D eigenvalue weighted by molar-refractivity contribution is 6.15. The van der Waals surface area contributed by atoms with Crippen molar-refractivity contribution in [1.82, 2.24) is 0 Å². The molecule has 1 N–H and O–H groups in total. The molecule has 1 heterocycles. The van der Waals surface area contributed by atoms with Crippen LogP contribution < -0.4 is 4.90 Å². The summed E-state index contributed by atoms with van der Waals surface area (Å²) >= 11 is 0. The molecule has 0 spiro atoms. The van der Waals surface area contributed by atoms with Crippen molar-refractivity contribution in [3.8, 4) is 5.75 Å². The zero-order chi connectivity index (χ0) is 12.4. The second kappa shape index (κ2) is 4.57. The maximum Gasteiger partial charge on any atom is 0.233 e. The summed E-state index contributed by atoms with van der Waals surface area (Å²) in [6.07, 6.45) is 2.34. The van der Waals surface area contributed by atoms with Crippen LogP contribution in [0.2, 0.25) is 0 Å². The first kappa shape index (κ1) is 11.6. The first-order valence-electron chi connectivity index (χ1n) is 5.75. The van der Waals surface area contributed by atoms with Crippen molar-refractivity contribution in [1.29, 1.82) is 0 Å².